The van der Waals surface area contributed by atoms with Crippen LogP contribution in [-0.4, -0.2) is 34.7 Å². The van der Waals surface area contributed by atoms with Gasteiger partial charge in [0.25, 0.3) is 5.56 Å². The number of rotatable bonds is 2. The number of amides is 1. The normalized spacial score (nSPS) is 21.4. The molecule has 0 unspecified atom stereocenters. The minimum atomic E-state index is -0.363. The Balaban J connectivity index is 1.67. The standard InChI is InChI=1S/C23H28N2O2S/c1-23(2,3)22(27)24-12-15-11-17(14-24)20-10-9-19(21(26)25(20)13-15)16-5-7-18(28-4)8-6-16/h5-10,15,17H,11-14H2,1-4H3/t15-,17+/m0/s1. The third-order valence-electron chi connectivity index (χ3n) is 5.93. The number of carbonyl (C=O) groups is 1. The largest absolute Gasteiger partial charge is 0.341 e. The molecule has 0 saturated carbocycles. The smallest absolute Gasteiger partial charge is 0.258 e. The second kappa shape index (κ2) is 7.11. The average molecular weight is 397 g/mol. The zero-order valence-electron chi connectivity index (χ0n) is 17.1. The molecule has 1 aromatic heterocycles. The number of fused-ring (bicyclic) bond motifs is 4. The first-order chi connectivity index (χ1) is 13.3. The summed E-state index contributed by atoms with van der Waals surface area (Å²) in [7, 11) is 0. The number of hydrogen-bond acceptors (Lipinski definition) is 3. The minimum absolute atomic E-state index is 0.0969. The van der Waals surface area contributed by atoms with Crippen LogP contribution in [0.1, 0.15) is 38.8 Å². The number of thioether (sulfide) groups is 1. The van der Waals surface area contributed by atoms with E-state index in [0.717, 1.165) is 29.8 Å². The monoisotopic (exact) mass is 396 g/mol. The summed E-state index contributed by atoms with van der Waals surface area (Å²) in [6.45, 7) is 8.11. The summed E-state index contributed by atoms with van der Waals surface area (Å²) < 4.78 is 1.97. The molecule has 3 heterocycles. The number of nitrogens with zero attached hydrogens (tertiary/aromatic N) is 2. The van der Waals surface area contributed by atoms with Gasteiger partial charge in [0.2, 0.25) is 5.91 Å². The number of hydrogen-bond donors (Lipinski definition) is 0. The maximum atomic E-state index is 13.3. The summed E-state index contributed by atoms with van der Waals surface area (Å²) in [6, 6.07) is 12.3. The van der Waals surface area contributed by atoms with Gasteiger partial charge in [-0.15, -0.1) is 11.8 Å². The first-order valence-electron chi connectivity index (χ1n) is 9.95. The van der Waals surface area contributed by atoms with Crippen LogP contribution in [0.5, 0.6) is 0 Å². The molecule has 28 heavy (non-hydrogen) atoms. The molecule has 2 aliphatic rings. The van der Waals surface area contributed by atoms with E-state index >= 15 is 0 Å². The van der Waals surface area contributed by atoms with Gasteiger partial charge in [0.05, 0.1) is 0 Å². The zero-order valence-corrected chi connectivity index (χ0v) is 17.9. The minimum Gasteiger partial charge on any atom is -0.341 e. The Morgan fingerprint density at radius 3 is 2.39 bits per heavy atom. The lowest BCUT2D eigenvalue weighted by molar-refractivity contribution is -0.142. The maximum Gasteiger partial charge on any atom is 0.258 e. The second-order valence-corrected chi connectivity index (χ2v) is 9.95. The van der Waals surface area contributed by atoms with Crippen LogP contribution in [0.25, 0.3) is 11.1 Å². The van der Waals surface area contributed by atoms with Gasteiger partial charge < -0.3 is 9.47 Å². The Morgan fingerprint density at radius 2 is 1.75 bits per heavy atom. The molecule has 4 rings (SSSR count). The van der Waals surface area contributed by atoms with Crippen molar-refractivity contribution in [1.82, 2.24) is 9.47 Å². The molecule has 2 aliphatic heterocycles. The van der Waals surface area contributed by atoms with E-state index in [1.165, 1.54) is 4.90 Å². The topological polar surface area (TPSA) is 42.3 Å². The van der Waals surface area contributed by atoms with Crippen LogP contribution in [0.2, 0.25) is 0 Å². The highest BCUT2D eigenvalue weighted by atomic mass is 32.2. The highest BCUT2D eigenvalue weighted by Gasteiger charge is 2.39. The lowest BCUT2D eigenvalue weighted by Crippen LogP contribution is -2.51. The lowest BCUT2D eigenvalue weighted by Gasteiger charge is -2.44. The van der Waals surface area contributed by atoms with E-state index in [1.807, 2.05) is 48.4 Å². The van der Waals surface area contributed by atoms with E-state index < -0.39 is 0 Å². The molecule has 2 aromatic rings. The van der Waals surface area contributed by atoms with Crippen molar-refractivity contribution in [1.29, 1.82) is 0 Å². The van der Waals surface area contributed by atoms with E-state index in [1.54, 1.807) is 11.8 Å². The van der Waals surface area contributed by atoms with Gasteiger partial charge in [0.1, 0.15) is 0 Å². The average Bonchev–Trinajstić information content (AvgIpc) is 2.67. The third kappa shape index (κ3) is 3.41. The van der Waals surface area contributed by atoms with Crippen LogP contribution >= 0.6 is 11.8 Å². The predicted octanol–water partition coefficient (Wildman–Crippen LogP) is 4.23. The Labute approximate surface area is 170 Å². The number of benzene rings is 1. The summed E-state index contributed by atoms with van der Waals surface area (Å²) in [5.74, 6) is 0.812. The van der Waals surface area contributed by atoms with Gasteiger partial charge in [-0.25, -0.2) is 0 Å². The lowest BCUT2D eigenvalue weighted by atomic mass is 9.81. The van der Waals surface area contributed by atoms with E-state index in [-0.39, 0.29) is 22.8 Å². The Hall–Kier alpha value is -2.01. The molecule has 1 amide bonds. The summed E-state index contributed by atoms with van der Waals surface area (Å²) in [5, 5.41) is 0. The summed E-state index contributed by atoms with van der Waals surface area (Å²) >= 11 is 1.70. The van der Waals surface area contributed by atoms with Crippen LogP contribution in [0, 0.1) is 11.3 Å². The Kier molecular flexibility index (Phi) is 4.90. The highest BCUT2D eigenvalue weighted by molar-refractivity contribution is 7.98. The van der Waals surface area contributed by atoms with Crippen molar-refractivity contribution in [3.63, 3.8) is 0 Å². The van der Waals surface area contributed by atoms with E-state index in [2.05, 4.69) is 24.5 Å². The van der Waals surface area contributed by atoms with Crippen LogP contribution in [0.3, 0.4) is 0 Å². The molecular weight excluding hydrogens is 368 g/mol. The number of pyridine rings is 1. The third-order valence-corrected chi connectivity index (χ3v) is 6.68. The summed E-state index contributed by atoms with van der Waals surface area (Å²) in [6.07, 6.45) is 3.12. The quantitative estimate of drug-likeness (QED) is 0.714. The molecule has 0 radical (unpaired) electrons. The van der Waals surface area contributed by atoms with Crippen LogP contribution in [-0.2, 0) is 11.3 Å². The van der Waals surface area contributed by atoms with Crippen molar-refractivity contribution in [3.8, 4) is 11.1 Å². The maximum absolute atomic E-state index is 13.3. The van der Waals surface area contributed by atoms with Crippen LogP contribution in [0.15, 0.2) is 46.1 Å². The first kappa shape index (κ1) is 19.3. The number of piperidine rings is 1. The van der Waals surface area contributed by atoms with E-state index in [0.29, 0.717) is 19.0 Å². The van der Waals surface area contributed by atoms with Gasteiger partial charge in [-0.05, 0) is 48.4 Å². The van der Waals surface area contributed by atoms with Gasteiger partial charge in [0.15, 0.2) is 0 Å². The van der Waals surface area contributed by atoms with Gasteiger partial charge >= 0.3 is 0 Å². The molecule has 0 N–H and O–H groups in total. The zero-order chi connectivity index (χ0) is 20.1. The molecule has 2 atom stereocenters. The Bertz CT molecular complexity index is 956. The van der Waals surface area contributed by atoms with Crippen molar-refractivity contribution in [2.45, 2.75) is 44.6 Å². The molecular formula is C23H28N2O2S. The van der Waals surface area contributed by atoms with E-state index in [4.69, 9.17) is 0 Å². The first-order valence-corrected chi connectivity index (χ1v) is 11.2. The summed E-state index contributed by atoms with van der Waals surface area (Å²) in [4.78, 5) is 29.2. The molecule has 0 spiro atoms. The van der Waals surface area contributed by atoms with Crippen molar-refractivity contribution in [2.75, 3.05) is 19.3 Å². The number of aromatic nitrogens is 1. The molecule has 4 nitrogen and oxygen atoms in total. The van der Waals surface area contributed by atoms with Gasteiger partial charge in [-0.2, -0.15) is 0 Å². The van der Waals surface area contributed by atoms with Crippen molar-refractivity contribution >= 4 is 17.7 Å². The molecule has 148 valence electrons. The molecule has 5 heteroatoms. The SMILES string of the molecule is CSc1ccc(-c2ccc3n(c2=O)C[C@H]2C[C@@H]3CN(C(=O)C(C)(C)C)C2)cc1. The summed E-state index contributed by atoms with van der Waals surface area (Å²) in [5.41, 5.74) is 2.55. The molecule has 1 fully saturated rings. The molecule has 2 bridgehead atoms. The predicted molar refractivity (Wildman–Crippen MR) is 115 cm³/mol. The fraction of sp³-hybridized carbons (Fsp3) is 0.478. The number of likely N-dealkylation sites (tertiary alicyclic amines) is 1. The molecule has 1 saturated heterocycles. The van der Waals surface area contributed by atoms with Crippen molar-refractivity contribution in [2.24, 2.45) is 11.3 Å². The van der Waals surface area contributed by atoms with Gasteiger partial charge in [0, 0.05) is 47.1 Å². The van der Waals surface area contributed by atoms with Gasteiger partial charge in [-0.3, -0.25) is 9.59 Å². The fourth-order valence-corrected chi connectivity index (χ4v) is 4.98. The highest BCUT2D eigenvalue weighted by Crippen LogP contribution is 2.37. The fourth-order valence-electron chi connectivity index (χ4n) is 4.58. The number of carbonyl (C=O) groups excluding carboxylic acids is 1. The molecule has 0 aliphatic carbocycles. The second-order valence-electron chi connectivity index (χ2n) is 9.07. The van der Waals surface area contributed by atoms with Gasteiger partial charge in [-0.1, -0.05) is 32.9 Å². The van der Waals surface area contributed by atoms with Crippen LogP contribution in [0.4, 0.5) is 0 Å². The molecule has 1 aromatic carbocycles. The van der Waals surface area contributed by atoms with Crippen molar-refractivity contribution in [3.05, 3.63) is 52.4 Å². The Morgan fingerprint density at radius 1 is 1.04 bits per heavy atom. The van der Waals surface area contributed by atoms with E-state index in [9.17, 15) is 9.59 Å². The van der Waals surface area contributed by atoms with Crippen molar-refractivity contribution < 1.29 is 4.79 Å². The van der Waals surface area contributed by atoms with Crippen LogP contribution < -0.4 is 5.56 Å².